The molecule has 0 aliphatic rings. The molecule has 1 heterocycles. The summed E-state index contributed by atoms with van der Waals surface area (Å²) in [5.74, 6) is 0.200. The van der Waals surface area contributed by atoms with Gasteiger partial charge in [0, 0.05) is 21.6 Å². The molecule has 1 aromatic heterocycles. The van der Waals surface area contributed by atoms with Crippen LogP contribution in [0.3, 0.4) is 0 Å². The molecular weight excluding hydrogens is 378 g/mol. The van der Waals surface area contributed by atoms with Crippen molar-refractivity contribution in [2.24, 2.45) is 0 Å². The fraction of sp³-hybridized carbons (Fsp3) is 0.556. The van der Waals surface area contributed by atoms with Crippen molar-refractivity contribution in [3.05, 3.63) is 19.2 Å². The van der Waals surface area contributed by atoms with Gasteiger partial charge in [-0.15, -0.1) is 11.3 Å². The molecular formula is C9H13Br2NO2S2. The van der Waals surface area contributed by atoms with Gasteiger partial charge in [0.25, 0.3) is 0 Å². The highest BCUT2D eigenvalue weighted by molar-refractivity contribution is 9.13. The Morgan fingerprint density at radius 3 is 2.50 bits per heavy atom. The van der Waals surface area contributed by atoms with E-state index >= 15 is 0 Å². The van der Waals surface area contributed by atoms with Crippen molar-refractivity contribution in [1.29, 1.82) is 0 Å². The Morgan fingerprint density at radius 2 is 2.12 bits per heavy atom. The van der Waals surface area contributed by atoms with Gasteiger partial charge in [0.1, 0.15) is 9.84 Å². The summed E-state index contributed by atoms with van der Waals surface area (Å²) in [5.41, 5.74) is 0. The number of halogens is 2. The van der Waals surface area contributed by atoms with Crippen molar-refractivity contribution in [3.63, 3.8) is 0 Å². The fourth-order valence-electron chi connectivity index (χ4n) is 1.30. The van der Waals surface area contributed by atoms with E-state index in [-0.39, 0.29) is 11.8 Å². The summed E-state index contributed by atoms with van der Waals surface area (Å²) in [5, 5.41) is 3.14. The molecule has 1 N–H and O–H groups in total. The van der Waals surface area contributed by atoms with Crippen molar-refractivity contribution >= 4 is 53.0 Å². The van der Waals surface area contributed by atoms with Crippen LogP contribution in [0.25, 0.3) is 0 Å². The predicted molar refractivity (Wildman–Crippen MR) is 75.8 cm³/mol. The average Bonchev–Trinajstić information content (AvgIpc) is 2.46. The van der Waals surface area contributed by atoms with Crippen LogP contribution in [0.2, 0.25) is 0 Å². The summed E-state index contributed by atoms with van der Waals surface area (Å²) in [6.07, 6.45) is 1.86. The molecule has 1 atom stereocenters. The topological polar surface area (TPSA) is 46.2 Å². The molecule has 0 amide bonds. The molecule has 0 aromatic carbocycles. The van der Waals surface area contributed by atoms with Crippen LogP contribution in [0.1, 0.15) is 17.3 Å². The van der Waals surface area contributed by atoms with E-state index in [2.05, 4.69) is 37.2 Å². The van der Waals surface area contributed by atoms with Crippen LogP contribution in [-0.2, 0) is 9.84 Å². The molecule has 0 saturated heterocycles. The maximum Gasteiger partial charge on any atom is 0.147 e. The largest absolute Gasteiger partial charge is 0.312 e. The smallest absolute Gasteiger partial charge is 0.147 e. The molecule has 0 fully saturated rings. The van der Waals surface area contributed by atoms with Crippen molar-refractivity contribution in [2.45, 2.75) is 12.5 Å². The fourth-order valence-corrected chi connectivity index (χ4v) is 4.19. The molecule has 1 aromatic rings. The lowest BCUT2D eigenvalue weighted by atomic mass is 10.2. The van der Waals surface area contributed by atoms with Gasteiger partial charge in [-0.05, 0) is 51.4 Å². The monoisotopic (exact) mass is 389 g/mol. The minimum atomic E-state index is -2.90. The summed E-state index contributed by atoms with van der Waals surface area (Å²) >= 11 is 8.46. The molecule has 0 radical (unpaired) electrons. The number of sulfone groups is 1. The summed E-state index contributed by atoms with van der Waals surface area (Å²) in [6.45, 7) is 0. The van der Waals surface area contributed by atoms with E-state index in [1.807, 2.05) is 13.1 Å². The van der Waals surface area contributed by atoms with E-state index in [4.69, 9.17) is 0 Å². The molecule has 1 rings (SSSR count). The van der Waals surface area contributed by atoms with E-state index in [0.29, 0.717) is 6.42 Å². The second-order valence-corrected chi connectivity index (χ2v) is 9.05. The quantitative estimate of drug-likeness (QED) is 0.840. The number of hydrogen-bond acceptors (Lipinski definition) is 4. The molecule has 0 bridgehead atoms. The zero-order valence-electron chi connectivity index (χ0n) is 8.96. The van der Waals surface area contributed by atoms with E-state index < -0.39 is 9.84 Å². The van der Waals surface area contributed by atoms with E-state index in [1.165, 1.54) is 6.26 Å². The van der Waals surface area contributed by atoms with Crippen molar-refractivity contribution in [2.75, 3.05) is 19.1 Å². The zero-order valence-corrected chi connectivity index (χ0v) is 13.8. The summed E-state index contributed by atoms with van der Waals surface area (Å²) in [7, 11) is -1.06. The van der Waals surface area contributed by atoms with Gasteiger partial charge < -0.3 is 5.32 Å². The third-order valence-electron chi connectivity index (χ3n) is 2.13. The first-order valence-electron chi connectivity index (χ1n) is 4.63. The third-order valence-corrected chi connectivity index (χ3v) is 6.48. The maximum absolute atomic E-state index is 11.1. The predicted octanol–water partition coefficient (Wildman–Crippen LogP) is 2.97. The summed E-state index contributed by atoms with van der Waals surface area (Å²) < 4.78 is 24.3. The number of nitrogens with one attached hydrogen (secondary N) is 1. The van der Waals surface area contributed by atoms with Gasteiger partial charge in [0.05, 0.1) is 9.54 Å². The highest BCUT2D eigenvalue weighted by Gasteiger charge is 2.16. The van der Waals surface area contributed by atoms with E-state index in [0.717, 1.165) is 13.1 Å². The van der Waals surface area contributed by atoms with E-state index in [9.17, 15) is 8.42 Å². The SMILES string of the molecule is CNC(CCS(C)(=O)=O)c1cc(Br)c(Br)s1. The van der Waals surface area contributed by atoms with Crippen LogP contribution >= 0.6 is 43.2 Å². The van der Waals surface area contributed by atoms with Gasteiger partial charge in [-0.3, -0.25) is 0 Å². The lowest BCUT2D eigenvalue weighted by molar-refractivity contribution is 0.564. The minimum Gasteiger partial charge on any atom is -0.312 e. The molecule has 92 valence electrons. The first-order valence-corrected chi connectivity index (χ1v) is 9.09. The molecule has 1 unspecified atom stereocenters. The first kappa shape index (κ1) is 14.6. The van der Waals surface area contributed by atoms with Crippen LogP contribution in [0.5, 0.6) is 0 Å². The van der Waals surface area contributed by atoms with Gasteiger partial charge in [0.15, 0.2) is 0 Å². The number of hydrogen-bond donors (Lipinski definition) is 1. The lowest BCUT2D eigenvalue weighted by Crippen LogP contribution is -2.18. The van der Waals surface area contributed by atoms with Gasteiger partial charge in [0.2, 0.25) is 0 Å². The Hall–Kier alpha value is 0.570. The third kappa shape index (κ3) is 4.44. The Bertz CT molecular complexity index is 437. The highest BCUT2D eigenvalue weighted by atomic mass is 79.9. The second kappa shape index (κ2) is 5.95. The normalized spacial score (nSPS) is 14.0. The van der Waals surface area contributed by atoms with Crippen LogP contribution in [0.4, 0.5) is 0 Å². The number of rotatable bonds is 5. The van der Waals surface area contributed by atoms with Gasteiger partial charge in [-0.1, -0.05) is 0 Å². The molecule has 0 spiro atoms. The minimum absolute atomic E-state index is 0.0855. The Balaban J connectivity index is 2.75. The Labute approximate surface area is 117 Å². The molecule has 3 nitrogen and oxygen atoms in total. The van der Waals surface area contributed by atoms with Crippen LogP contribution in [-0.4, -0.2) is 27.5 Å². The summed E-state index contributed by atoms with van der Waals surface area (Å²) in [4.78, 5) is 1.13. The molecule has 7 heteroatoms. The van der Waals surface area contributed by atoms with E-state index in [1.54, 1.807) is 11.3 Å². The zero-order chi connectivity index (χ0) is 12.3. The van der Waals surface area contributed by atoms with Crippen molar-refractivity contribution in [3.8, 4) is 0 Å². The first-order chi connectivity index (χ1) is 7.33. The Morgan fingerprint density at radius 1 is 1.50 bits per heavy atom. The van der Waals surface area contributed by atoms with Gasteiger partial charge in [-0.2, -0.15) is 0 Å². The maximum atomic E-state index is 11.1. The molecule has 0 saturated carbocycles. The van der Waals surface area contributed by atoms with Crippen molar-refractivity contribution in [1.82, 2.24) is 5.32 Å². The van der Waals surface area contributed by atoms with Crippen LogP contribution in [0.15, 0.2) is 14.3 Å². The van der Waals surface area contributed by atoms with Crippen LogP contribution in [0, 0.1) is 0 Å². The average molecular weight is 391 g/mol. The highest BCUT2D eigenvalue weighted by Crippen LogP contribution is 2.36. The Kier molecular flexibility index (Phi) is 5.44. The van der Waals surface area contributed by atoms with Gasteiger partial charge >= 0.3 is 0 Å². The van der Waals surface area contributed by atoms with Crippen molar-refractivity contribution < 1.29 is 8.42 Å². The molecule has 16 heavy (non-hydrogen) atoms. The van der Waals surface area contributed by atoms with Crippen LogP contribution < -0.4 is 5.32 Å². The number of thiophene rings is 1. The molecule has 0 aliphatic carbocycles. The second-order valence-electron chi connectivity index (χ2n) is 3.53. The van der Waals surface area contributed by atoms with Gasteiger partial charge in [-0.25, -0.2) is 8.42 Å². The lowest BCUT2D eigenvalue weighted by Gasteiger charge is -2.13. The summed E-state index contributed by atoms with van der Waals surface area (Å²) in [6, 6.07) is 2.10. The standard InChI is InChI=1S/C9H13Br2NO2S2/c1-12-7(3-4-16(2,13)14)8-5-6(10)9(11)15-8/h5,7,12H,3-4H2,1-2H3. The molecule has 0 aliphatic heterocycles.